The number of hydrogen-bond donors (Lipinski definition) is 2. The molecule has 1 rings (SSSR count). The van der Waals surface area contributed by atoms with E-state index in [4.69, 9.17) is 5.73 Å². The van der Waals surface area contributed by atoms with Gasteiger partial charge in [-0.1, -0.05) is 6.08 Å². The van der Waals surface area contributed by atoms with E-state index in [1.54, 1.807) is 38.4 Å². The predicted molar refractivity (Wildman–Crippen MR) is 67.6 cm³/mol. The molecule has 0 atom stereocenters. The Balaban J connectivity index is 2.97. The zero-order chi connectivity index (χ0) is 12.1. The van der Waals surface area contributed by atoms with Crippen molar-refractivity contribution in [1.82, 2.24) is 4.90 Å². The van der Waals surface area contributed by atoms with Gasteiger partial charge in [0.1, 0.15) is 0 Å². The van der Waals surface area contributed by atoms with E-state index in [1.807, 2.05) is 0 Å². The predicted octanol–water partition coefficient (Wildman–Crippen LogP) is 1.57. The second kappa shape index (κ2) is 5.21. The topological polar surface area (TPSA) is 58.4 Å². The number of nitrogens with two attached hydrogens (primary N) is 1. The van der Waals surface area contributed by atoms with Crippen LogP contribution in [0.25, 0.3) is 0 Å². The monoisotopic (exact) mass is 219 g/mol. The summed E-state index contributed by atoms with van der Waals surface area (Å²) in [6.45, 7) is 4.23. The maximum Gasteiger partial charge on any atom is 0.253 e. The summed E-state index contributed by atoms with van der Waals surface area (Å²) in [5.74, 6) is -0.0401. The van der Waals surface area contributed by atoms with Gasteiger partial charge in [0, 0.05) is 26.2 Å². The molecule has 0 bridgehead atoms. The number of nitrogens with one attached hydrogen (secondary N) is 1. The highest BCUT2D eigenvalue weighted by Crippen LogP contribution is 2.20. The Bertz CT molecular complexity index is 399. The molecule has 4 nitrogen and oxygen atoms in total. The van der Waals surface area contributed by atoms with Gasteiger partial charge in [0.25, 0.3) is 5.91 Å². The lowest BCUT2D eigenvalue weighted by Gasteiger charge is -2.13. The fourth-order valence-corrected chi connectivity index (χ4v) is 1.28. The van der Waals surface area contributed by atoms with Gasteiger partial charge in [-0.2, -0.15) is 0 Å². The molecular formula is C12H17N3O. The number of rotatable bonds is 4. The molecule has 0 aromatic heterocycles. The van der Waals surface area contributed by atoms with Gasteiger partial charge in [-0.3, -0.25) is 4.79 Å². The van der Waals surface area contributed by atoms with Gasteiger partial charge < -0.3 is 16.0 Å². The van der Waals surface area contributed by atoms with Crippen molar-refractivity contribution >= 4 is 17.3 Å². The lowest BCUT2D eigenvalue weighted by Crippen LogP contribution is -2.21. The van der Waals surface area contributed by atoms with Crippen LogP contribution in [0, 0.1) is 0 Å². The van der Waals surface area contributed by atoms with Crippen LogP contribution in [0.15, 0.2) is 30.9 Å². The lowest BCUT2D eigenvalue weighted by molar-refractivity contribution is 0.0827. The number of nitrogens with zero attached hydrogens (tertiary/aromatic N) is 1. The van der Waals surface area contributed by atoms with Gasteiger partial charge in [0.2, 0.25) is 0 Å². The highest BCUT2D eigenvalue weighted by molar-refractivity contribution is 5.95. The first-order valence-electron chi connectivity index (χ1n) is 5.02. The van der Waals surface area contributed by atoms with Crippen LogP contribution in [0.2, 0.25) is 0 Å². The van der Waals surface area contributed by atoms with Crippen molar-refractivity contribution in [3.63, 3.8) is 0 Å². The molecule has 3 N–H and O–H groups in total. The third-order valence-corrected chi connectivity index (χ3v) is 2.14. The smallest absolute Gasteiger partial charge is 0.253 e. The molecule has 0 spiro atoms. The minimum atomic E-state index is -0.0401. The molecule has 0 aliphatic heterocycles. The van der Waals surface area contributed by atoms with Crippen molar-refractivity contribution in [2.24, 2.45) is 0 Å². The third kappa shape index (κ3) is 2.76. The Morgan fingerprint density at radius 2 is 2.25 bits per heavy atom. The van der Waals surface area contributed by atoms with Gasteiger partial charge in [-0.05, 0) is 18.2 Å². The Hall–Kier alpha value is -1.97. The number of nitrogen functional groups attached to an aromatic ring is 1. The molecule has 0 heterocycles. The summed E-state index contributed by atoms with van der Waals surface area (Å²) in [5.41, 5.74) is 7.78. The minimum Gasteiger partial charge on any atom is -0.397 e. The maximum atomic E-state index is 11.7. The second-order valence-electron chi connectivity index (χ2n) is 3.67. The molecule has 0 saturated heterocycles. The summed E-state index contributed by atoms with van der Waals surface area (Å²) in [4.78, 5) is 13.2. The average Bonchev–Trinajstić information content (AvgIpc) is 2.27. The molecule has 16 heavy (non-hydrogen) atoms. The van der Waals surface area contributed by atoms with E-state index in [1.165, 1.54) is 4.90 Å². The maximum absolute atomic E-state index is 11.7. The first-order chi connectivity index (χ1) is 7.56. The molecule has 1 amide bonds. The molecule has 0 aliphatic rings. The molecule has 1 aromatic rings. The fourth-order valence-electron chi connectivity index (χ4n) is 1.28. The van der Waals surface area contributed by atoms with Crippen molar-refractivity contribution in [3.05, 3.63) is 36.4 Å². The van der Waals surface area contributed by atoms with Crippen molar-refractivity contribution in [1.29, 1.82) is 0 Å². The zero-order valence-electron chi connectivity index (χ0n) is 9.66. The van der Waals surface area contributed by atoms with E-state index >= 15 is 0 Å². The number of anilines is 2. The van der Waals surface area contributed by atoms with Crippen LogP contribution in [0.5, 0.6) is 0 Å². The number of benzene rings is 1. The van der Waals surface area contributed by atoms with Crippen molar-refractivity contribution in [2.75, 3.05) is 31.7 Å². The van der Waals surface area contributed by atoms with Crippen molar-refractivity contribution in [3.8, 4) is 0 Å². The van der Waals surface area contributed by atoms with E-state index in [2.05, 4.69) is 11.9 Å². The molecule has 0 aliphatic carbocycles. The van der Waals surface area contributed by atoms with E-state index in [-0.39, 0.29) is 5.91 Å². The van der Waals surface area contributed by atoms with Crippen molar-refractivity contribution in [2.45, 2.75) is 0 Å². The molecule has 86 valence electrons. The molecule has 1 aromatic carbocycles. The van der Waals surface area contributed by atoms with Gasteiger partial charge in [-0.25, -0.2) is 0 Å². The van der Waals surface area contributed by atoms with Crippen LogP contribution in [0.3, 0.4) is 0 Å². The standard InChI is InChI=1S/C12H17N3O/c1-4-7-14-11-8-9(5-6-10(11)13)12(16)15(2)3/h4-6,8,14H,1,7,13H2,2-3H3. The Morgan fingerprint density at radius 3 is 2.81 bits per heavy atom. The Morgan fingerprint density at radius 1 is 1.56 bits per heavy atom. The van der Waals surface area contributed by atoms with E-state index in [0.717, 1.165) is 5.69 Å². The summed E-state index contributed by atoms with van der Waals surface area (Å²) in [6.07, 6.45) is 1.74. The SMILES string of the molecule is C=CCNc1cc(C(=O)N(C)C)ccc1N. The first-order valence-corrected chi connectivity index (χ1v) is 5.02. The fraction of sp³-hybridized carbons (Fsp3) is 0.250. The Kier molecular flexibility index (Phi) is 3.94. The van der Waals surface area contributed by atoms with Gasteiger partial charge in [0.15, 0.2) is 0 Å². The number of carbonyl (C=O) groups excluding carboxylic acids is 1. The Labute approximate surface area is 95.7 Å². The lowest BCUT2D eigenvalue weighted by atomic mass is 10.1. The quantitative estimate of drug-likeness (QED) is 0.597. The highest BCUT2D eigenvalue weighted by atomic mass is 16.2. The summed E-state index contributed by atoms with van der Waals surface area (Å²) in [5, 5.41) is 3.08. The highest BCUT2D eigenvalue weighted by Gasteiger charge is 2.09. The molecule has 0 unspecified atom stereocenters. The molecule has 4 heteroatoms. The summed E-state index contributed by atoms with van der Waals surface area (Å²) < 4.78 is 0. The normalized spacial score (nSPS) is 9.62. The van der Waals surface area contributed by atoms with E-state index in [9.17, 15) is 4.79 Å². The van der Waals surface area contributed by atoms with Crippen LogP contribution in [0.4, 0.5) is 11.4 Å². The molecule has 0 radical (unpaired) electrons. The number of hydrogen-bond acceptors (Lipinski definition) is 3. The molecular weight excluding hydrogens is 202 g/mol. The molecule has 0 fully saturated rings. The largest absolute Gasteiger partial charge is 0.397 e. The summed E-state index contributed by atoms with van der Waals surface area (Å²) >= 11 is 0. The van der Waals surface area contributed by atoms with Crippen LogP contribution >= 0.6 is 0 Å². The van der Waals surface area contributed by atoms with Crippen LogP contribution < -0.4 is 11.1 Å². The minimum absolute atomic E-state index is 0.0401. The van der Waals surface area contributed by atoms with Gasteiger partial charge in [0.05, 0.1) is 11.4 Å². The third-order valence-electron chi connectivity index (χ3n) is 2.14. The van der Waals surface area contributed by atoms with Crippen LogP contribution in [-0.2, 0) is 0 Å². The van der Waals surface area contributed by atoms with Crippen LogP contribution in [0.1, 0.15) is 10.4 Å². The number of carbonyl (C=O) groups is 1. The van der Waals surface area contributed by atoms with Crippen molar-refractivity contribution < 1.29 is 4.79 Å². The van der Waals surface area contributed by atoms with E-state index in [0.29, 0.717) is 17.8 Å². The summed E-state index contributed by atoms with van der Waals surface area (Å²) in [7, 11) is 3.44. The first kappa shape index (κ1) is 12.1. The van der Waals surface area contributed by atoms with Crippen LogP contribution in [-0.4, -0.2) is 31.4 Å². The zero-order valence-corrected chi connectivity index (χ0v) is 9.66. The average molecular weight is 219 g/mol. The van der Waals surface area contributed by atoms with Gasteiger partial charge >= 0.3 is 0 Å². The second-order valence-corrected chi connectivity index (χ2v) is 3.67. The summed E-state index contributed by atoms with van der Waals surface area (Å²) in [6, 6.07) is 5.19. The molecule has 0 saturated carbocycles. The number of amides is 1. The van der Waals surface area contributed by atoms with E-state index < -0.39 is 0 Å². The van der Waals surface area contributed by atoms with Gasteiger partial charge in [-0.15, -0.1) is 6.58 Å².